The molecule has 2 aromatic rings. The molecule has 0 bridgehead atoms. The van der Waals surface area contributed by atoms with Crippen LogP contribution in [0.25, 0.3) is 0 Å². The van der Waals surface area contributed by atoms with Crippen molar-refractivity contribution in [2.75, 3.05) is 14.2 Å². The first-order valence-electron chi connectivity index (χ1n) is 6.53. The minimum Gasteiger partial charge on any atom is -0.495 e. The van der Waals surface area contributed by atoms with Crippen LogP contribution >= 0.6 is 27.5 Å². The number of aryl methyl sites for hydroxylation is 1. The molecular weight excluding hydrogens is 356 g/mol. The van der Waals surface area contributed by atoms with Gasteiger partial charge in [-0.3, -0.25) is 0 Å². The van der Waals surface area contributed by atoms with E-state index in [4.69, 9.17) is 9.47 Å². The molecule has 21 heavy (non-hydrogen) atoms. The van der Waals surface area contributed by atoms with Crippen molar-refractivity contribution in [1.82, 2.24) is 9.59 Å². The first-order chi connectivity index (χ1) is 10.1. The minimum atomic E-state index is -0.816. The van der Waals surface area contributed by atoms with E-state index in [0.29, 0.717) is 21.5 Å². The second-order valence-electron chi connectivity index (χ2n) is 4.44. The molecule has 2 rings (SSSR count). The van der Waals surface area contributed by atoms with Crippen LogP contribution in [0.1, 0.15) is 35.6 Å². The van der Waals surface area contributed by atoms with E-state index in [1.165, 1.54) is 11.5 Å². The molecule has 1 N–H and O–H groups in total. The van der Waals surface area contributed by atoms with Crippen molar-refractivity contribution in [3.63, 3.8) is 0 Å². The van der Waals surface area contributed by atoms with Crippen LogP contribution in [0.3, 0.4) is 0 Å². The zero-order chi connectivity index (χ0) is 15.4. The molecule has 0 saturated carbocycles. The van der Waals surface area contributed by atoms with Crippen molar-refractivity contribution in [3.8, 4) is 11.5 Å². The summed E-state index contributed by atoms with van der Waals surface area (Å²) < 4.78 is 15.3. The van der Waals surface area contributed by atoms with E-state index in [9.17, 15) is 5.11 Å². The summed E-state index contributed by atoms with van der Waals surface area (Å²) in [4.78, 5) is 0.757. The number of halogens is 1. The molecule has 5 nitrogen and oxygen atoms in total. The third kappa shape index (κ3) is 3.20. The van der Waals surface area contributed by atoms with Gasteiger partial charge in [-0.25, -0.2) is 0 Å². The molecule has 0 aliphatic carbocycles. The fourth-order valence-electron chi connectivity index (χ4n) is 2.11. The average molecular weight is 373 g/mol. The van der Waals surface area contributed by atoms with Gasteiger partial charge >= 0.3 is 0 Å². The Morgan fingerprint density at radius 1 is 1.33 bits per heavy atom. The molecule has 0 amide bonds. The van der Waals surface area contributed by atoms with Crippen molar-refractivity contribution in [2.45, 2.75) is 25.9 Å². The predicted octanol–water partition coefficient (Wildman–Crippen LogP) is 3.35. The normalized spacial score (nSPS) is 12.2. The van der Waals surface area contributed by atoms with Crippen LogP contribution in [0, 0.1) is 0 Å². The summed E-state index contributed by atoms with van der Waals surface area (Å²) in [7, 11) is 3.15. The van der Waals surface area contributed by atoms with Gasteiger partial charge in [-0.1, -0.05) is 17.8 Å². The highest BCUT2D eigenvalue weighted by molar-refractivity contribution is 9.10. The van der Waals surface area contributed by atoms with E-state index in [2.05, 4.69) is 32.4 Å². The number of aliphatic hydroxyl groups excluding tert-OH is 1. The number of hydrogen-bond donors (Lipinski definition) is 1. The predicted molar refractivity (Wildman–Crippen MR) is 85.2 cm³/mol. The summed E-state index contributed by atoms with van der Waals surface area (Å²) in [5.74, 6) is 1.21. The van der Waals surface area contributed by atoms with Gasteiger partial charge in [0.05, 0.1) is 24.8 Å². The summed E-state index contributed by atoms with van der Waals surface area (Å²) in [6.07, 6.45) is 0.931. The SMILES string of the molecule is CCCc1nnsc1C(O)c1ccc(OC)c(Br)c1OC. The van der Waals surface area contributed by atoms with E-state index in [1.54, 1.807) is 26.4 Å². The molecule has 0 fully saturated rings. The summed E-state index contributed by atoms with van der Waals surface area (Å²) >= 11 is 4.66. The molecular formula is C14H17BrN2O3S. The molecule has 0 radical (unpaired) electrons. The summed E-state index contributed by atoms with van der Waals surface area (Å²) in [5, 5.41) is 14.8. The third-order valence-electron chi connectivity index (χ3n) is 3.13. The van der Waals surface area contributed by atoms with Crippen molar-refractivity contribution in [2.24, 2.45) is 0 Å². The van der Waals surface area contributed by atoms with Gasteiger partial charge in [0.25, 0.3) is 0 Å². The Balaban J connectivity index is 2.45. The lowest BCUT2D eigenvalue weighted by Gasteiger charge is -2.17. The molecule has 1 heterocycles. The van der Waals surface area contributed by atoms with Crippen LogP contribution in [0.15, 0.2) is 16.6 Å². The summed E-state index contributed by atoms with van der Waals surface area (Å²) in [6, 6.07) is 3.58. The fraction of sp³-hybridized carbons (Fsp3) is 0.429. The number of methoxy groups -OCH3 is 2. The second-order valence-corrected chi connectivity index (χ2v) is 6.02. The molecule has 1 atom stereocenters. The number of benzene rings is 1. The van der Waals surface area contributed by atoms with Crippen molar-refractivity contribution < 1.29 is 14.6 Å². The number of aliphatic hydroxyl groups is 1. The Hall–Kier alpha value is -1.18. The van der Waals surface area contributed by atoms with Gasteiger partial charge in [0.2, 0.25) is 0 Å². The van der Waals surface area contributed by atoms with Gasteiger partial charge in [0.15, 0.2) is 0 Å². The van der Waals surface area contributed by atoms with E-state index in [0.717, 1.165) is 23.4 Å². The van der Waals surface area contributed by atoms with Gasteiger partial charge in [0, 0.05) is 5.56 Å². The van der Waals surface area contributed by atoms with Crippen LogP contribution in [-0.4, -0.2) is 28.9 Å². The van der Waals surface area contributed by atoms with E-state index in [-0.39, 0.29) is 0 Å². The number of hydrogen-bond acceptors (Lipinski definition) is 6. The van der Waals surface area contributed by atoms with Crippen LogP contribution in [0.2, 0.25) is 0 Å². The third-order valence-corrected chi connectivity index (χ3v) is 4.70. The minimum absolute atomic E-state index is 0.553. The van der Waals surface area contributed by atoms with Crippen LogP contribution < -0.4 is 9.47 Å². The first-order valence-corrected chi connectivity index (χ1v) is 8.10. The largest absolute Gasteiger partial charge is 0.495 e. The smallest absolute Gasteiger partial charge is 0.142 e. The fourth-order valence-corrected chi connectivity index (χ4v) is 3.50. The van der Waals surface area contributed by atoms with E-state index >= 15 is 0 Å². The molecule has 1 aromatic carbocycles. The quantitative estimate of drug-likeness (QED) is 0.841. The van der Waals surface area contributed by atoms with Crippen LogP contribution in [0.5, 0.6) is 11.5 Å². The van der Waals surface area contributed by atoms with Gasteiger partial charge in [-0.05, 0) is 46.0 Å². The zero-order valence-electron chi connectivity index (χ0n) is 12.1. The molecule has 1 aromatic heterocycles. The Labute approximate surface area is 136 Å². The Bertz CT molecular complexity index is 618. The summed E-state index contributed by atoms with van der Waals surface area (Å²) in [6.45, 7) is 2.07. The molecule has 0 aliphatic rings. The lowest BCUT2D eigenvalue weighted by molar-refractivity contribution is 0.216. The van der Waals surface area contributed by atoms with E-state index in [1.807, 2.05) is 0 Å². The lowest BCUT2D eigenvalue weighted by Crippen LogP contribution is -2.05. The maximum Gasteiger partial charge on any atom is 0.142 e. The Kier molecular flexibility index (Phi) is 5.55. The van der Waals surface area contributed by atoms with Crippen molar-refractivity contribution in [3.05, 3.63) is 32.7 Å². The van der Waals surface area contributed by atoms with Crippen molar-refractivity contribution in [1.29, 1.82) is 0 Å². The molecule has 0 saturated heterocycles. The highest BCUT2D eigenvalue weighted by Crippen LogP contribution is 2.42. The second kappa shape index (κ2) is 7.20. The maximum absolute atomic E-state index is 10.7. The van der Waals surface area contributed by atoms with Gasteiger partial charge in [0.1, 0.15) is 22.1 Å². The molecule has 114 valence electrons. The highest BCUT2D eigenvalue weighted by Gasteiger charge is 2.24. The van der Waals surface area contributed by atoms with E-state index < -0.39 is 6.10 Å². The topological polar surface area (TPSA) is 64.5 Å². The molecule has 0 aliphatic heterocycles. The van der Waals surface area contributed by atoms with Crippen molar-refractivity contribution >= 4 is 27.5 Å². The highest BCUT2D eigenvalue weighted by atomic mass is 79.9. The zero-order valence-corrected chi connectivity index (χ0v) is 14.5. The van der Waals surface area contributed by atoms with Gasteiger partial charge < -0.3 is 14.6 Å². The molecule has 1 unspecified atom stereocenters. The summed E-state index contributed by atoms with van der Waals surface area (Å²) in [5.41, 5.74) is 1.50. The van der Waals surface area contributed by atoms with Crippen LogP contribution in [0.4, 0.5) is 0 Å². The average Bonchev–Trinajstić information content (AvgIpc) is 2.94. The standard InChI is InChI=1S/C14H17BrN2O3S/c1-4-5-9-14(21-17-16-9)12(18)8-6-7-10(19-2)11(15)13(8)20-3/h6-7,12,18H,4-5H2,1-3H3. The molecule has 0 spiro atoms. The number of rotatable bonds is 6. The Morgan fingerprint density at radius 2 is 2.10 bits per heavy atom. The number of ether oxygens (including phenoxy) is 2. The van der Waals surface area contributed by atoms with Gasteiger partial charge in [-0.15, -0.1) is 5.10 Å². The van der Waals surface area contributed by atoms with Crippen LogP contribution in [-0.2, 0) is 6.42 Å². The number of aromatic nitrogens is 2. The monoisotopic (exact) mass is 372 g/mol. The molecule has 7 heteroatoms. The van der Waals surface area contributed by atoms with Gasteiger partial charge in [-0.2, -0.15) is 0 Å². The number of nitrogens with zero attached hydrogens (tertiary/aromatic N) is 2. The maximum atomic E-state index is 10.7. The first kappa shape index (κ1) is 16.2. The Morgan fingerprint density at radius 3 is 2.71 bits per heavy atom. The lowest BCUT2D eigenvalue weighted by atomic mass is 10.0.